The Bertz CT molecular complexity index is 575. The predicted octanol–water partition coefficient (Wildman–Crippen LogP) is 3.45. The van der Waals surface area contributed by atoms with Gasteiger partial charge in [-0.1, -0.05) is 13.8 Å². The molecule has 1 rings (SSSR count). The van der Waals surface area contributed by atoms with Gasteiger partial charge in [0.15, 0.2) is 0 Å². The van der Waals surface area contributed by atoms with E-state index in [9.17, 15) is 9.59 Å². The summed E-state index contributed by atoms with van der Waals surface area (Å²) in [6, 6.07) is 7.11. The number of nitrogens with one attached hydrogen (secondary N) is 2. The van der Waals surface area contributed by atoms with Gasteiger partial charge in [-0.25, -0.2) is 4.79 Å². The van der Waals surface area contributed by atoms with Gasteiger partial charge in [0, 0.05) is 16.7 Å². The molecular weight excluding hydrogens is 352 g/mol. The van der Waals surface area contributed by atoms with Crippen molar-refractivity contribution in [3.63, 3.8) is 0 Å². The number of amides is 2. The van der Waals surface area contributed by atoms with Crippen molar-refractivity contribution in [2.75, 3.05) is 12.9 Å². The maximum atomic E-state index is 12.5. The molecule has 0 radical (unpaired) electrons. The van der Waals surface area contributed by atoms with Crippen LogP contribution in [0, 0.1) is 5.92 Å². The molecule has 1 aromatic rings. The molecule has 0 saturated carbocycles. The lowest BCUT2D eigenvalue weighted by Gasteiger charge is -2.24. The van der Waals surface area contributed by atoms with Crippen LogP contribution in [0.3, 0.4) is 0 Å². The van der Waals surface area contributed by atoms with E-state index in [1.54, 1.807) is 32.7 Å². The lowest BCUT2D eigenvalue weighted by molar-refractivity contribution is -0.124. The fraction of sp³-hybridized carbons (Fsp3) is 0.579. The Balaban J connectivity index is 2.51. The topological polar surface area (TPSA) is 76.7 Å². The minimum Gasteiger partial charge on any atom is -0.497 e. The van der Waals surface area contributed by atoms with E-state index in [0.717, 1.165) is 16.4 Å². The molecule has 2 N–H and O–H groups in total. The molecular formula is C19H30N2O4S. The minimum atomic E-state index is -0.630. The molecule has 0 aliphatic rings. The second kappa shape index (κ2) is 11.0. The average molecular weight is 383 g/mol. The molecule has 0 aromatic heterocycles. The molecule has 0 saturated heterocycles. The summed E-state index contributed by atoms with van der Waals surface area (Å²) in [5, 5.41) is 5.60. The van der Waals surface area contributed by atoms with Crippen molar-refractivity contribution < 1.29 is 19.1 Å². The smallest absolute Gasteiger partial charge is 0.408 e. The molecule has 0 bridgehead atoms. The Morgan fingerprint density at radius 2 is 1.65 bits per heavy atom. The van der Waals surface area contributed by atoms with Crippen LogP contribution in [0.2, 0.25) is 0 Å². The molecule has 0 aliphatic carbocycles. The monoisotopic (exact) mass is 382 g/mol. The van der Waals surface area contributed by atoms with E-state index in [1.165, 1.54) is 0 Å². The third-order valence-electron chi connectivity index (χ3n) is 3.51. The number of carbonyl (C=O) groups excluding carboxylic acids is 2. The molecule has 6 nitrogen and oxygen atoms in total. The van der Waals surface area contributed by atoms with Crippen molar-refractivity contribution in [3.8, 4) is 5.75 Å². The summed E-state index contributed by atoms with van der Waals surface area (Å²) >= 11 is 1.65. The van der Waals surface area contributed by atoms with Crippen LogP contribution in [0.15, 0.2) is 29.2 Å². The van der Waals surface area contributed by atoms with Gasteiger partial charge >= 0.3 is 6.09 Å². The van der Waals surface area contributed by atoms with Crippen LogP contribution in [0.25, 0.3) is 0 Å². The largest absolute Gasteiger partial charge is 0.497 e. The predicted molar refractivity (Wildman–Crippen MR) is 105 cm³/mol. The summed E-state index contributed by atoms with van der Waals surface area (Å²) in [7, 11) is 1.63. The Labute approximate surface area is 160 Å². The fourth-order valence-corrected chi connectivity index (χ4v) is 3.03. The number of hydrogen-bond acceptors (Lipinski definition) is 5. The van der Waals surface area contributed by atoms with Crippen LogP contribution in [0.1, 0.15) is 34.6 Å². The Morgan fingerprint density at radius 1 is 1.04 bits per heavy atom. The van der Waals surface area contributed by atoms with E-state index in [2.05, 4.69) is 10.6 Å². The van der Waals surface area contributed by atoms with Gasteiger partial charge in [0.2, 0.25) is 5.91 Å². The zero-order chi connectivity index (χ0) is 19.7. The number of ether oxygens (including phenoxy) is 2. The molecule has 146 valence electrons. The van der Waals surface area contributed by atoms with Crippen LogP contribution in [-0.4, -0.2) is 43.1 Å². The molecule has 0 spiro atoms. The molecule has 2 amide bonds. The summed E-state index contributed by atoms with van der Waals surface area (Å²) in [6.45, 7) is 9.25. The van der Waals surface area contributed by atoms with Crippen molar-refractivity contribution in [1.29, 1.82) is 0 Å². The maximum absolute atomic E-state index is 12.5. The number of rotatable bonds is 9. The average Bonchev–Trinajstić information content (AvgIpc) is 2.57. The highest BCUT2D eigenvalue weighted by atomic mass is 32.2. The van der Waals surface area contributed by atoms with Crippen molar-refractivity contribution >= 4 is 23.8 Å². The van der Waals surface area contributed by atoms with Crippen molar-refractivity contribution in [1.82, 2.24) is 10.6 Å². The molecule has 26 heavy (non-hydrogen) atoms. The van der Waals surface area contributed by atoms with E-state index < -0.39 is 12.1 Å². The van der Waals surface area contributed by atoms with Crippen LogP contribution >= 0.6 is 11.8 Å². The van der Waals surface area contributed by atoms with Gasteiger partial charge in [-0.05, 0) is 51.0 Å². The fourth-order valence-electron chi connectivity index (χ4n) is 2.18. The highest BCUT2D eigenvalue weighted by Gasteiger charge is 2.26. The molecule has 0 heterocycles. The van der Waals surface area contributed by atoms with E-state index in [1.807, 2.05) is 45.0 Å². The first-order chi connectivity index (χ1) is 12.2. The van der Waals surface area contributed by atoms with Gasteiger partial charge < -0.3 is 20.1 Å². The van der Waals surface area contributed by atoms with Crippen LogP contribution in [0.4, 0.5) is 4.79 Å². The van der Waals surface area contributed by atoms with Gasteiger partial charge in [-0.15, -0.1) is 11.8 Å². The van der Waals surface area contributed by atoms with Gasteiger partial charge in [-0.2, -0.15) is 0 Å². The molecule has 0 fully saturated rings. The third-order valence-corrected chi connectivity index (χ3v) is 4.79. The maximum Gasteiger partial charge on any atom is 0.408 e. The number of benzene rings is 1. The SMILES string of the molecule is COc1ccc(SCC(C)NC(=O)C(NC(=O)OC(C)C)C(C)C)cc1. The third kappa shape index (κ3) is 7.99. The summed E-state index contributed by atoms with van der Waals surface area (Å²) in [4.78, 5) is 25.4. The van der Waals surface area contributed by atoms with Crippen LogP contribution < -0.4 is 15.4 Å². The lowest BCUT2D eigenvalue weighted by Crippen LogP contribution is -2.52. The zero-order valence-electron chi connectivity index (χ0n) is 16.4. The molecule has 7 heteroatoms. The van der Waals surface area contributed by atoms with E-state index in [-0.39, 0.29) is 24.0 Å². The van der Waals surface area contributed by atoms with Crippen LogP contribution in [-0.2, 0) is 9.53 Å². The van der Waals surface area contributed by atoms with Gasteiger partial charge in [0.25, 0.3) is 0 Å². The number of alkyl carbamates (subject to hydrolysis) is 1. The van der Waals surface area contributed by atoms with E-state index in [4.69, 9.17) is 9.47 Å². The summed E-state index contributed by atoms with van der Waals surface area (Å²) in [6.07, 6.45) is -0.806. The van der Waals surface area contributed by atoms with Crippen molar-refractivity contribution in [3.05, 3.63) is 24.3 Å². The first kappa shape index (κ1) is 22.2. The normalized spacial score (nSPS) is 13.2. The number of thioether (sulfide) groups is 1. The summed E-state index contributed by atoms with van der Waals surface area (Å²) in [5.41, 5.74) is 0. The van der Waals surface area contributed by atoms with Gasteiger partial charge in [0.1, 0.15) is 11.8 Å². The molecule has 2 unspecified atom stereocenters. The second-order valence-corrected chi connectivity index (χ2v) is 7.81. The Morgan fingerprint density at radius 3 is 2.15 bits per heavy atom. The summed E-state index contributed by atoms with van der Waals surface area (Å²) in [5.74, 6) is 1.29. The number of methoxy groups -OCH3 is 1. The first-order valence-corrected chi connectivity index (χ1v) is 9.75. The highest BCUT2D eigenvalue weighted by molar-refractivity contribution is 7.99. The van der Waals surface area contributed by atoms with Crippen molar-refractivity contribution in [2.24, 2.45) is 5.92 Å². The summed E-state index contributed by atoms with van der Waals surface area (Å²) < 4.78 is 10.2. The Hall–Kier alpha value is -1.89. The minimum absolute atomic E-state index is 0.0428. The van der Waals surface area contributed by atoms with Gasteiger partial charge in [-0.3, -0.25) is 4.79 Å². The lowest BCUT2D eigenvalue weighted by atomic mass is 10.0. The van der Waals surface area contributed by atoms with Crippen molar-refractivity contribution in [2.45, 2.75) is 57.7 Å². The molecule has 2 atom stereocenters. The van der Waals surface area contributed by atoms with E-state index in [0.29, 0.717) is 0 Å². The van der Waals surface area contributed by atoms with E-state index >= 15 is 0 Å². The standard InChI is InChI=1S/C19H30N2O4S/c1-12(2)17(21-19(23)25-13(3)4)18(22)20-14(5)11-26-16-9-7-15(24-6)8-10-16/h7-10,12-14,17H,11H2,1-6H3,(H,20,22)(H,21,23). The zero-order valence-corrected chi connectivity index (χ0v) is 17.2. The molecule has 1 aromatic carbocycles. The number of hydrogen-bond donors (Lipinski definition) is 2. The molecule has 0 aliphatic heterocycles. The number of carbonyl (C=O) groups is 2. The first-order valence-electron chi connectivity index (χ1n) is 8.77. The van der Waals surface area contributed by atoms with Gasteiger partial charge in [0.05, 0.1) is 13.2 Å². The Kier molecular flexibility index (Phi) is 9.34. The second-order valence-electron chi connectivity index (χ2n) is 6.72. The quantitative estimate of drug-likeness (QED) is 0.640. The highest BCUT2D eigenvalue weighted by Crippen LogP contribution is 2.21. The van der Waals surface area contributed by atoms with Crippen LogP contribution in [0.5, 0.6) is 5.75 Å².